The van der Waals surface area contributed by atoms with Crippen molar-refractivity contribution in [1.82, 2.24) is 0 Å². The smallest absolute Gasteiger partial charge is 0.338 e. The highest BCUT2D eigenvalue weighted by atomic mass is 35.5. The van der Waals surface area contributed by atoms with Crippen LogP contribution in [0.4, 0.5) is 14.5 Å². The molecule has 0 aliphatic rings. The summed E-state index contributed by atoms with van der Waals surface area (Å²) in [7, 11) is 0. The first-order valence-electron chi connectivity index (χ1n) is 6.13. The zero-order valence-electron chi connectivity index (χ0n) is 11.1. The highest BCUT2D eigenvalue weighted by Gasteiger charge is 2.12. The highest BCUT2D eigenvalue weighted by molar-refractivity contribution is 6.33. The number of anilines is 1. The van der Waals surface area contributed by atoms with Crippen LogP contribution in [0.2, 0.25) is 5.02 Å². The first-order chi connectivity index (χ1) is 10.5. The molecule has 1 N–H and O–H groups in total. The molecule has 4 nitrogen and oxygen atoms in total. The van der Waals surface area contributed by atoms with Crippen LogP contribution >= 0.6 is 11.6 Å². The summed E-state index contributed by atoms with van der Waals surface area (Å²) in [4.78, 5) is 23.3. The molecule has 1 amide bonds. The van der Waals surface area contributed by atoms with E-state index in [1.54, 1.807) is 0 Å². The molecular formula is C15H10ClF2NO3. The molecule has 114 valence electrons. The molecule has 7 heteroatoms. The third-order valence-electron chi connectivity index (χ3n) is 2.60. The SMILES string of the molecule is O=C(COC(=O)c1cccc(F)c1)Nc1cc(F)ccc1Cl. The van der Waals surface area contributed by atoms with Crippen molar-refractivity contribution in [2.45, 2.75) is 0 Å². The molecule has 0 aromatic heterocycles. The van der Waals surface area contributed by atoms with Crippen molar-refractivity contribution in [2.24, 2.45) is 0 Å². The van der Waals surface area contributed by atoms with Crippen LogP contribution in [0.5, 0.6) is 0 Å². The maximum absolute atomic E-state index is 13.0. The predicted molar refractivity (Wildman–Crippen MR) is 76.7 cm³/mol. The van der Waals surface area contributed by atoms with Crippen LogP contribution < -0.4 is 5.32 Å². The number of nitrogens with one attached hydrogen (secondary N) is 1. The molecule has 0 bridgehead atoms. The molecule has 0 aliphatic heterocycles. The molecular weight excluding hydrogens is 316 g/mol. The predicted octanol–water partition coefficient (Wildman–Crippen LogP) is 3.41. The minimum atomic E-state index is -0.847. The lowest BCUT2D eigenvalue weighted by Gasteiger charge is -2.08. The molecule has 0 saturated carbocycles. The van der Waals surface area contributed by atoms with Crippen LogP contribution in [0.3, 0.4) is 0 Å². The van der Waals surface area contributed by atoms with Crippen LogP contribution in [-0.4, -0.2) is 18.5 Å². The van der Waals surface area contributed by atoms with Gasteiger partial charge < -0.3 is 10.1 Å². The zero-order chi connectivity index (χ0) is 16.1. The molecule has 0 radical (unpaired) electrons. The molecule has 0 heterocycles. The van der Waals surface area contributed by atoms with Crippen molar-refractivity contribution in [2.75, 3.05) is 11.9 Å². The van der Waals surface area contributed by atoms with Gasteiger partial charge in [-0.25, -0.2) is 13.6 Å². The number of ether oxygens (including phenoxy) is 1. The number of esters is 1. The van der Waals surface area contributed by atoms with E-state index in [1.165, 1.54) is 24.3 Å². The Morgan fingerprint density at radius 3 is 2.55 bits per heavy atom. The van der Waals surface area contributed by atoms with Crippen LogP contribution in [-0.2, 0) is 9.53 Å². The first-order valence-corrected chi connectivity index (χ1v) is 6.51. The normalized spacial score (nSPS) is 10.1. The number of carbonyl (C=O) groups is 2. The summed E-state index contributed by atoms with van der Waals surface area (Å²) >= 11 is 5.79. The first kappa shape index (κ1) is 15.9. The molecule has 0 aliphatic carbocycles. The number of hydrogen-bond donors (Lipinski definition) is 1. The molecule has 0 fully saturated rings. The fourth-order valence-corrected chi connectivity index (χ4v) is 1.77. The summed E-state index contributed by atoms with van der Waals surface area (Å²) in [5.74, 6) is -2.71. The average Bonchev–Trinajstić information content (AvgIpc) is 2.48. The number of hydrogen-bond acceptors (Lipinski definition) is 3. The minimum Gasteiger partial charge on any atom is -0.452 e. The molecule has 2 aromatic rings. The Balaban J connectivity index is 1.93. The van der Waals surface area contributed by atoms with Crippen molar-refractivity contribution < 1.29 is 23.1 Å². The third kappa shape index (κ3) is 4.26. The summed E-state index contributed by atoms with van der Waals surface area (Å²) in [5, 5.41) is 2.45. The lowest BCUT2D eigenvalue weighted by Crippen LogP contribution is -2.21. The largest absolute Gasteiger partial charge is 0.452 e. The van der Waals surface area contributed by atoms with Gasteiger partial charge in [-0.1, -0.05) is 17.7 Å². The van der Waals surface area contributed by atoms with Crippen LogP contribution in [0, 0.1) is 11.6 Å². The maximum Gasteiger partial charge on any atom is 0.338 e. The van der Waals surface area contributed by atoms with E-state index < -0.39 is 30.1 Å². The fraction of sp³-hybridized carbons (Fsp3) is 0.0667. The molecule has 2 rings (SSSR count). The van der Waals surface area contributed by atoms with E-state index in [2.05, 4.69) is 5.32 Å². The minimum absolute atomic E-state index is 0.0170. The van der Waals surface area contributed by atoms with Gasteiger partial charge in [-0.15, -0.1) is 0 Å². The van der Waals surface area contributed by atoms with Crippen LogP contribution in [0.1, 0.15) is 10.4 Å². The molecule has 0 spiro atoms. The van der Waals surface area contributed by atoms with Gasteiger partial charge in [0.2, 0.25) is 0 Å². The van der Waals surface area contributed by atoms with Crippen LogP contribution in [0.25, 0.3) is 0 Å². The quantitative estimate of drug-likeness (QED) is 0.876. The second-order valence-electron chi connectivity index (χ2n) is 4.26. The third-order valence-corrected chi connectivity index (χ3v) is 2.93. The fourth-order valence-electron chi connectivity index (χ4n) is 1.61. The lowest BCUT2D eigenvalue weighted by molar-refractivity contribution is -0.119. The van der Waals surface area contributed by atoms with Gasteiger partial charge in [-0.2, -0.15) is 0 Å². The number of halogens is 3. The second kappa shape index (κ2) is 7.00. The van der Waals surface area contributed by atoms with E-state index in [0.717, 1.165) is 18.2 Å². The van der Waals surface area contributed by atoms with Gasteiger partial charge in [0.05, 0.1) is 16.3 Å². The second-order valence-corrected chi connectivity index (χ2v) is 4.67. The molecule has 0 unspecified atom stereocenters. The zero-order valence-corrected chi connectivity index (χ0v) is 11.9. The van der Waals surface area contributed by atoms with E-state index in [1.807, 2.05) is 0 Å². The lowest BCUT2D eigenvalue weighted by atomic mass is 10.2. The van der Waals surface area contributed by atoms with Crippen molar-refractivity contribution in [3.05, 3.63) is 64.7 Å². The van der Waals surface area contributed by atoms with Gasteiger partial charge in [0.15, 0.2) is 6.61 Å². The number of rotatable bonds is 4. The number of amides is 1. The maximum atomic E-state index is 13.0. The Kier molecular flexibility index (Phi) is 5.06. The van der Waals surface area contributed by atoms with Gasteiger partial charge in [0.1, 0.15) is 11.6 Å². The Labute approximate surface area is 129 Å². The van der Waals surface area contributed by atoms with Gasteiger partial charge in [-0.3, -0.25) is 4.79 Å². The van der Waals surface area contributed by atoms with Crippen molar-refractivity contribution in [3.8, 4) is 0 Å². The van der Waals surface area contributed by atoms with E-state index >= 15 is 0 Å². The summed E-state index contributed by atoms with van der Waals surface area (Å²) in [6.45, 7) is -0.609. The summed E-state index contributed by atoms with van der Waals surface area (Å²) in [5.41, 5.74) is 0.0464. The van der Waals surface area contributed by atoms with Crippen LogP contribution in [0.15, 0.2) is 42.5 Å². The monoisotopic (exact) mass is 325 g/mol. The Hall–Kier alpha value is -2.47. The Morgan fingerprint density at radius 1 is 1.09 bits per heavy atom. The standard InChI is InChI=1S/C15H10ClF2NO3/c16-12-5-4-11(18)7-13(12)19-14(20)8-22-15(21)9-2-1-3-10(17)6-9/h1-7H,8H2,(H,19,20). The molecule has 0 atom stereocenters. The van der Waals surface area contributed by atoms with E-state index in [4.69, 9.17) is 16.3 Å². The summed E-state index contributed by atoms with van der Waals surface area (Å²) in [6.07, 6.45) is 0. The van der Waals surface area contributed by atoms with Gasteiger partial charge in [0, 0.05) is 0 Å². The average molecular weight is 326 g/mol. The van der Waals surface area contributed by atoms with Crippen molar-refractivity contribution in [3.63, 3.8) is 0 Å². The molecule has 22 heavy (non-hydrogen) atoms. The topological polar surface area (TPSA) is 55.4 Å². The van der Waals surface area contributed by atoms with E-state index in [0.29, 0.717) is 0 Å². The molecule has 0 saturated heterocycles. The molecule has 2 aromatic carbocycles. The Morgan fingerprint density at radius 2 is 1.82 bits per heavy atom. The van der Waals surface area contributed by atoms with E-state index in [-0.39, 0.29) is 16.3 Å². The Bertz CT molecular complexity index is 722. The van der Waals surface area contributed by atoms with Crippen molar-refractivity contribution in [1.29, 1.82) is 0 Å². The van der Waals surface area contributed by atoms with Gasteiger partial charge >= 0.3 is 5.97 Å². The van der Waals surface area contributed by atoms with Gasteiger partial charge in [-0.05, 0) is 36.4 Å². The number of carbonyl (C=O) groups excluding carboxylic acids is 2. The highest BCUT2D eigenvalue weighted by Crippen LogP contribution is 2.22. The van der Waals surface area contributed by atoms with Gasteiger partial charge in [0.25, 0.3) is 5.91 Å². The number of benzene rings is 2. The summed E-state index contributed by atoms with van der Waals surface area (Å²) < 4.78 is 30.7. The van der Waals surface area contributed by atoms with E-state index in [9.17, 15) is 18.4 Å². The van der Waals surface area contributed by atoms with Crippen molar-refractivity contribution >= 4 is 29.2 Å². The summed E-state index contributed by atoms with van der Waals surface area (Å²) in [6, 6.07) is 8.33.